The molecule has 1 aliphatic rings. The van der Waals surface area contributed by atoms with Crippen molar-refractivity contribution in [3.63, 3.8) is 0 Å². The van der Waals surface area contributed by atoms with Crippen molar-refractivity contribution in [2.75, 3.05) is 31.4 Å². The fourth-order valence-electron chi connectivity index (χ4n) is 3.09. The quantitative estimate of drug-likeness (QED) is 0.698. The third-order valence-corrected chi connectivity index (χ3v) is 6.52. The van der Waals surface area contributed by atoms with Gasteiger partial charge in [-0.15, -0.1) is 0 Å². The molecule has 10 heteroatoms. The van der Waals surface area contributed by atoms with E-state index in [0.717, 1.165) is 30.7 Å². The minimum atomic E-state index is -4.01. The third kappa shape index (κ3) is 5.09. The fourth-order valence-corrected chi connectivity index (χ4v) is 4.38. The minimum Gasteiger partial charge on any atom is -0.341 e. The minimum absolute atomic E-state index is 0.0370. The van der Waals surface area contributed by atoms with Crippen LogP contribution in [0.4, 0.5) is 10.1 Å². The van der Waals surface area contributed by atoms with E-state index in [1.54, 1.807) is 11.9 Å². The second kappa shape index (κ2) is 9.01. The van der Waals surface area contributed by atoms with Gasteiger partial charge in [0.15, 0.2) is 0 Å². The molecule has 0 atom stereocenters. The molecule has 2 amide bonds. The SMILES string of the molecule is CN(CCN1CCCC1=O)C(=O)c1ccc(Cl)c(NS(=O)(=O)c2ccc(F)cc2)c1. The average molecular weight is 454 g/mol. The average Bonchev–Trinajstić information content (AvgIpc) is 3.12. The summed E-state index contributed by atoms with van der Waals surface area (Å²) >= 11 is 6.11. The Morgan fingerprint density at radius 2 is 1.93 bits per heavy atom. The third-order valence-electron chi connectivity index (χ3n) is 4.80. The number of carbonyl (C=O) groups excluding carboxylic acids is 2. The molecule has 0 radical (unpaired) electrons. The number of likely N-dealkylation sites (N-methyl/N-ethyl adjacent to an activating group) is 1. The molecule has 1 N–H and O–H groups in total. The van der Waals surface area contributed by atoms with E-state index >= 15 is 0 Å². The largest absolute Gasteiger partial charge is 0.341 e. The number of sulfonamides is 1. The second-order valence-electron chi connectivity index (χ2n) is 6.97. The van der Waals surface area contributed by atoms with Crippen molar-refractivity contribution in [2.45, 2.75) is 17.7 Å². The molecular formula is C20H21ClFN3O4S. The van der Waals surface area contributed by atoms with Crippen LogP contribution < -0.4 is 4.72 Å². The summed E-state index contributed by atoms with van der Waals surface area (Å²) in [4.78, 5) is 27.5. The Morgan fingerprint density at radius 3 is 2.57 bits per heavy atom. The maximum atomic E-state index is 13.1. The molecule has 0 aromatic heterocycles. The van der Waals surface area contributed by atoms with Crippen LogP contribution in [0.2, 0.25) is 5.02 Å². The lowest BCUT2D eigenvalue weighted by Gasteiger charge is -2.22. The van der Waals surface area contributed by atoms with Crippen LogP contribution in [0.25, 0.3) is 0 Å². The molecule has 160 valence electrons. The number of likely N-dealkylation sites (tertiary alicyclic amines) is 1. The predicted octanol–water partition coefficient (Wildman–Crippen LogP) is 2.97. The Hall–Kier alpha value is -2.65. The molecule has 0 unspecified atom stereocenters. The molecule has 2 aromatic rings. The van der Waals surface area contributed by atoms with Crippen molar-refractivity contribution in [1.29, 1.82) is 0 Å². The van der Waals surface area contributed by atoms with Gasteiger partial charge in [0.2, 0.25) is 5.91 Å². The summed E-state index contributed by atoms with van der Waals surface area (Å²) in [5, 5.41) is 0.113. The van der Waals surface area contributed by atoms with E-state index in [1.165, 1.54) is 23.1 Å². The van der Waals surface area contributed by atoms with E-state index < -0.39 is 15.8 Å². The molecule has 1 heterocycles. The smallest absolute Gasteiger partial charge is 0.261 e. The van der Waals surface area contributed by atoms with Crippen LogP contribution in [0, 0.1) is 5.82 Å². The molecule has 1 saturated heterocycles. The number of hydrogen-bond acceptors (Lipinski definition) is 4. The predicted molar refractivity (Wildman–Crippen MR) is 111 cm³/mol. The molecule has 0 bridgehead atoms. The number of nitrogens with zero attached hydrogens (tertiary/aromatic N) is 2. The lowest BCUT2D eigenvalue weighted by molar-refractivity contribution is -0.127. The van der Waals surface area contributed by atoms with E-state index in [0.29, 0.717) is 26.1 Å². The van der Waals surface area contributed by atoms with Crippen molar-refractivity contribution in [3.05, 3.63) is 58.9 Å². The number of amides is 2. The number of benzene rings is 2. The number of hydrogen-bond donors (Lipinski definition) is 1. The summed E-state index contributed by atoms with van der Waals surface area (Å²) < 4.78 is 40.5. The first-order valence-electron chi connectivity index (χ1n) is 9.28. The van der Waals surface area contributed by atoms with E-state index in [4.69, 9.17) is 11.6 Å². The van der Waals surface area contributed by atoms with E-state index in [1.807, 2.05) is 0 Å². The van der Waals surface area contributed by atoms with Crippen LogP contribution in [-0.2, 0) is 14.8 Å². The highest BCUT2D eigenvalue weighted by atomic mass is 35.5. The summed E-state index contributed by atoms with van der Waals surface area (Å²) in [6.07, 6.45) is 1.36. The van der Waals surface area contributed by atoms with Gasteiger partial charge in [0.25, 0.3) is 15.9 Å². The normalized spacial score (nSPS) is 14.1. The van der Waals surface area contributed by atoms with Gasteiger partial charge in [-0.1, -0.05) is 11.6 Å². The zero-order valence-corrected chi connectivity index (χ0v) is 17.8. The number of halogens is 2. The molecule has 1 aliphatic heterocycles. The van der Waals surface area contributed by atoms with Gasteiger partial charge in [0.1, 0.15) is 5.82 Å². The molecule has 0 aliphatic carbocycles. The van der Waals surface area contributed by atoms with Gasteiger partial charge >= 0.3 is 0 Å². The maximum Gasteiger partial charge on any atom is 0.261 e. The summed E-state index contributed by atoms with van der Waals surface area (Å²) in [7, 11) is -2.40. The Bertz CT molecular complexity index is 1060. The Morgan fingerprint density at radius 1 is 1.23 bits per heavy atom. The number of carbonyl (C=O) groups is 2. The Balaban J connectivity index is 1.73. The van der Waals surface area contributed by atoms with E-state index in [-0.39, 0.29) is 33.0 Å². The lowest BCUT2D eigenvalue weighted by atomic mass is 10.2. The van der Waals surface area contributed by atoms with E-state index in [2.05, 4.69) is 4.72 Å². The van der Waals surface area contributed by atoms with Gasteiger partial charge in [0.05, 0.1) is 15.6 Å². The molecule has 30 heavy (non-hydrogen) atoms. The monoisotopic (exact) mass is 453 g/mol. The van der Waals surface area contributed by atoms with Crippen LogP contribution >= 0.6 is 11.6 Å². The number of rotatable bonds is 7. The summed E-state index contributed by atoms with van der Waals surface area (Å²) in [5.74, 6) is -0.807. The summed E-state index contributed by atoms with van der Waals surface area (Å²) in [6, 6.07) is 8.62. The van der Waals surface area contributed by atoms with Crippen molar-refractivity contribution in [2.24, 2.45) is 0 Å². The van der Waals surface area contributed by atoms with Crippen molar-refractivity contribution < 1.29 is 22.4 Å². The fraction of sp³-hybridized carbons (Fsp3) is 0.300. The lowest BCUT2D eigenvalue weighted by Crippen LogP contribution is -2.36. The van der Waals surface area contributed by atoms with Crippen LogP contribution in [0.3, 0.4) is 0 Å². The van der Waals surface area contributed by atoms with E-state index in [9.17, 15) is 22.4 Å². The van der Waals surface area contributed by atoms with Crippen LogP contribution in [0.1, 0.15) is 23.2 Å². The van der Waals surface area contributed by atoms with Crippen LogP contribution in [-0.4, -0.2) is 56.7 Å². The second-order valence-corrected chi connectivity index (χ2v) is 9.05. The number of anilines is 1. The number of nitrogens with one attached hydrogen (secondary N) is 1. The molecule has 2 aromatic carbocycles. The van der Waals surface area contributed by atoms with Crippen molar-refractivity contribution >= 4 is 39.1 Å². The van der Waals surface area contributed by atoms with Crippen LogP contribution in [0.5, 0.6) is 0 Å². The van der Waals surface area contributed by atoms with Crippen molar-refractivity contribution in [1.82, 2.24) is 9.80 Å². The first-order chi connectivity index (χ1) is 14.2. The molecule has 0 spiro atoms. The van der Waals surface area contributed by atoms with Gasteiger partial charge in [0, 0.05) is 38.7 Å². The zero-order chi connectivity index (χ0) is 21.9. The van der Waals surface area contributed by atoms with Gasteiger partial charge in [-0.05, 0) is 48.9 Å². The first kappa shape index (κ1) is 22.0. The zero-order valence-electron chi connectivity index (χ0n) is 16.3. The van der Waals surface area contributed by atoms with Gasteiger partial charge in [-0.25, -0.2) is 12.8 Å². The van der Waals surface area contributed by atoms with Crippen LogP contribution in [0.15, 0.2) is 47.4 Å². The Labute approximate surface area is 179 Å². The van der Waals surface area contributed by atoms with Gasteiger partial charge in [-0.2, -0.15) is 0 Å². The maximum absolute atomic E-state index is 13.1. The molecule has 7 nitrogen and oxygen atoms in total. The topological polar surface area (TPSA) is 86.8 Å². The van der Waals surface area contributed by atoms with Crippen molar-refractivity contribution in [3.8, 4) is 0 Å². The first-order valence-corrected chi connectivity index (χ1v) is 11.1. The highest BCUT2D eigenvalue weighted by Gasteiger charge is 2.22. The molecule has 1 fully saturated rings. The van der Waals surface area contributed by atoms with Gasteiger partial charge in [-0.3, -0.25) is 14.3 Å². The highest BCUT2D eigenvalue weighted by molar-refractivity contribution is 7.92. The van der Waals surface area contributed by atoms with Gasteiger partial charge < -0.3 is 9.80 Å². The highest BCUT2D eigenvalue weighted by Crippen LogP contribution is 2.26. The standard InChI is InChI=1S/C20H21ClFN3O4S/c1-24(11-12-25-10-2-3-19(25)26)20(27)14-4-9-17(21)18(13-14)23-30(28,29)16-7-5-15(22)6-8-16/h4-9,13,23H,2-3,10-12H2,1H3. The molecule has 3 rings (SSSR count). The summed E-state index contributed by atoms with van der Waals surface area (Å²) in [6.45, 7) is 1.49. The Kier molecular flexibility index (Phi) is 6.62. The molecule has 0 saturated carbocycles. The summed E-state index contributed by atoms with van der Waals surface area (Å²) in [5.41, 5.74) is 0.279. The molecular weight excluding hydrogens is 433 g/mol.